The average Bonchev–Trinajstić information content (AvgIpc) is 2.30. The predicted molar refractivity (Wildman–Crippen MR) is 35.1 cm³/mol. The number of hydrogen-bond acceptors (Lipinski definition) is 3. The number of rotatable bonds is 0. The van der Waals surface area contributed by atoms with Crippen LogP contribution in [0.25, 0.3) is 0 Å². The number of carbonyl (C=O) groups excluding carboxylic acids is 1. The molecule has 0 unspecified atom stereocenters. The molecule has 4 nitrogen and oxygen atoms in total. The van der Waals surface area contributed by atoms with Gasteiger partial charge < -0.3 is 0 Å². The minimum absolute atomic E-state index is 0.220. The summed E-state index contributed by atoms with van der Waals surface area (Å²) in [5.41, 5.74) is 0.597. The molecule has 0 aromatic heterocycles. The van der Waals surface area contributed by atoms with Gasteiger partial charge in [0.15, 0.2) is 0 Å². The summed E-state index contributed by atoms with van der Waals surface area (Å²) in [6, 6.07) is 6.44. The molecule has 0 aliphatic carbocycles. The van der Waals surface area contributed by atoms with Gasteiger partial charge in [-0.1, -0.05) is 12.1 Å². The Bertz CT molecular complexity index is 312. The van der Waals surface area contributed by atoms with Gasteiger partial charge in [-0.15, -0.1) is 4.84 Å². The lowest BCUT2D eigenvalue weighted by Crippen LogP contribution is -1.97. The Morgan fingerprint density at radius 2 is 2.00 bits per heavy atom. The highest BCUT2D eigenvalue weighted by molar-refractivity contribution is 5.95. The molecular formula is C7H4NO3+. The molecule has 0 amide bonds. The topological polar surface area (TPSA) is 46.4 Å². The molecule has 1 aromatic carbocycles. The molecule has 0 fully saturated rings. The van der Waals surface area contributed by atoms with Gasteiger partial charge in [0.25, 0.3) is 4.92 Å². The van der Waals surface area contributed by atoms with Gasteiger partial charge in [0.2, 0.25) is 0 Å². The summed E-state index contributed by atoms with van der Waals surface area (Å²) in [7, 11) is 0. The maximum absolute atomic E-state index is 10.8. The fraction of sp³-hybridized carbons (Fsp3) is 0. The van der Waals surface area contributed by atoms with E-state index in [1.807, 2.05) is 0 Å². The fourth-order valence-electron chi connectivity index (χ4n) is 0.979. The minimum Gasteiger partial charge on any atom is -0.238 e. The number of carbonyl (C=O) groups is 1. The van der Waals surface area contributed by atoms with Crippen molar-refractivity contribution >= 4 is 11.7 Å². The van der Waals surface area contributed by atoms with Crippen molar-refractivity contribution in [2.24, 2.45) is 0 Å². The van der Waals surface area contributed by atoms with E-state index in [4.69, 9.17) is 0 Å². The molecule has 1 aromatic rings. The molecule has 0 radical (unpaired) electrons. The van der Waals surface area contributed by atoms with E-state index < -0.39 is 5.97 Å². The maximum Gasteiger partial charge on any atom is 0.423 e. The largest absolute Gasteiger partial charge is 0.423 e. The van der Waals surface area contributed by atoms with Crippen LogP contribution in [-0.2, 0) is 4.84 Å². The lowest BCUT2D eigenvalue weighted by Gasteiger charge is -1.78. The molecule has 2 rings (SSSR count). The smallest absolute Gasteiger partial charge is 0.238 e. The van der Waals surface area contributed by atoms with E-state index in [1.54, 1.807) is 18.2 Å². The molecular weight excluding hydrogens is 146 g/mol. The highest BCUT2D eigenvalue weighted by Gasteiger charge is 2.38. The zero-order valence-electron chi connectivity index (χ0n) is 5.48. The quantitative estimate of drug-likeness (QED) is 0.557. The number of hydrogen-bond donors (Lipinski definition) is 0. The van der Waals surface area contributed by atoms with Crippen LogP contribution in [0.4, 0.5) is 5.69 Å². The number of para-hydroxylation sites is 1. The van der Waals surface area contributed by atoms with Crippen LogP contribution in [0.3, 0.4) is 0 Å². The Hall–Kier alpha value is -1.71. The Morgan fingerprint density at radius 1 is 1.27 bits per heavy atom. The fourth-order valence-corrected chi connectivity index (χ4v) is 0.979. The normalized spacial score (nSPS) is 14.5. The van der Waals surface area contributed by atoms with Crippen molar-refractivity contribution in [3.63, 3.8) is 0 Å². The summed E-state index contributed by atoms with van der Waals surface area (Å²) in [5, 5.41) is 0. The average molecular weight is 150 g/mol. The molecule has 0 saturated carbocycles. The molecule has 0 bridgehead atoms. The van der Waals surface area contributed by atoms with Gasteiger partial charge in [-0.2, -0.15) is 0 Å². The first-order valence-corrected chi connectivity index (χ1v) is 3.07. The van der Waals surface area contributed by atoms with Gasteiger partial charge >= 0.3 is 11.7 Å². The van der Waals surface area contributed by atoms with Gasteiger partial charge in [-0.3, -0.25) is 0 Å². The monoisotopic (exact) mass is 150 g/mol. The lowest BCUT2D eigenvalue weighted by atomic mass is 10.2. The molecule has 1 aliphatic rings. The van der Waals surface area contributed by atoms with Crippen LogP contribution in [0.2, 0.25) is 0 Å². The molecule has 1 heterocycles. The van der Waals surface area contributed by atoms with E-state index in [-0.39, 0.29) is 10.6 Å². The van der Waals surface area contributed by atoms with E-state index in [0.29, 0.717) is 5.56 Å². The number of nitrogens with zero attached hydrogens (tertiary/aromatic N) is 1. The minimum atomic E-state index is -0.587. The van der Waals surface area contributed by atoms with Crippen LogP contribution in [0.5, 0.6) is 0 Å². The van der Waals surface area contributed by atoms with Gasteiger partial charge in [-0.25, -0.2) is 4.79 Å². The molecule has 1 aliphatic heterocycles. The molecule has 0 saturated heterocycles. The third-order valence-electron chi connectivity index (χ3n) is 1.49. The second kappa shape index (κ2) is 1.88. The van der Waals surface area contributed by atoms with Crippen LogP contribution < -0.4 is 0 Å². The van der Waals surface area contributed by atoms with Crippen molar-refractivity contribution in [1.29, 1.82) is 0 Å². The summed E-state index contributed by atoms with van der Waals surface area (Å²) in [6.45, 7) is 0. The van der Waals surface area contributed by atoms with E-state index in [2.05, 4.69) is 4.84 Å². The molecule has 0 spiro atoms. The highest BCUT2D eigenvalue weighted by Crippen LogP contribution is 2.25. The Kier molecular flexibility index (Phi) is 1.03. The van der Waals surface area contributed by atoms with Crippen molar-refractivity contribution in [3.05, 3.63) is 34.7 Å². The van der Waals surface area contributed by atoms with Crippen molar-refractivity contribution in [3.8, 4) is 0 Å². The zero-order chi connectivity index (χ0) is 7.84. The van der Waals surface area contributed by atoms with Gasteiger partial charge in [0.05, 0.1) is 4.91 Å². The molecule has 54 valence electrons. The van der Waals surface area contributed by atoms with Gasteiger partial charge in [0.1, 0.15) is 5.56 Å². The first-order chi connectivity index (χ1) is 5.29. The Balaban J connectivity index is 2.69. The molecule has 0 N–H and O–H groups in total. The van der Waals surface area contributed by atoms with E-state index in [9.17, 15) is 9.70 Å². The first kappa shape index (κ1) is 6.03. The standard InChI is InChI=1S/C7H4NO3/c9-7-5-3-1-2-4-6(5)8(10)11-7/h1-4H/q+1. The van der Waals surface area contributed by atoms with Crippen LogP contribution in [0, 0.1) is 4.91 Å². The van der Waals surface area contributed by atoms with E-state index in [0.717, 1.165) is 0 Å². The van der Waals surface area contributed by atoms with Crippen molar-refractivity contribution in [1.82, 2.24) is 0 Å². The molecule has 4 heteroatoms. The maximum atomic E-state index is 10.8. The second-order valence-electron chi connectivity index (χ2n) is 2.15. The van der Waals surface area contributed by atoms with Crippen molar-refractivity contribution < 1.29 is 14.6 Å². The second-order valence-corrected chi connectivity index (χ2v) is 2.15. The Morgan fingerprint density at radius 3 is 2.73 bits per heavy atom. The highest BCUT2D eigenvalue weighted by atomic mass is 16.8. The summed E-state index contributed by atoms with van der Waals surface area (Å²) in [4.78, 5) is 26.1. The third-order valence-corrected chi connectivity index (χ3v) is 1.49. The SMILES string of the molecule is O=C1O[N+](=O)c2ccccc21. The summed E-state index contributed by atoms with van der Waals surface area (Å²) < 4.78 is 0. The van der Waals surface area contributed by atoms with E-state index in [1.165, 1.54) is 6.07 Å². The van der Waals surface area contributed by atoms with Gasteiger partial charge in [-0.05, 0) is 6.07 Å². The van der Waals surface area contributed by atoms with Crippen LogP contribution >= 0.6 is 0 Å². The summed E-state index contributed by atoms with van der Waals surface area (Å²) in [6.07, 6.45) is 0. The lowest BCUT2D eigenvalue weighted by molar-refractivity contribution is -0.706. The van der Waals surface area contributed by atoms with Crippen molar-refractivity contribution in [2.45, 2.75) is 0 Å². The number of fused-ring (bicyclic) bond motifs is 1. The summed E-state index contributed by atoms with van der Waals surface area (Å²) in [5.74, 6) is -0.587. The molecule has 0 atom stereocenters. The molecule has 11 heavy (non-hydrogen) atoms. The van der Waals surface area contributed by atoms with Crippen LogP contribution in [0.15, 0.2) is 24.3 Å². The third kappa shape index (κ3) is 0.724. The Labute approximate surface area is 61.9 Å². The predicted octanol–water partition coefficient (Wildman–Crippen LogP) is 1.18. The summed E-state index contributed by atoms with van der Waals surface area (Å²) >= 11 is 0. The van der Waals surface area contributed by atoms with Crippen LogP contribution in [0.1, 0.15) is 10.4 Å². The zero-order valence-corrected chi connectivity index (χ0v) is 5.48. The van der Waals surface area contributed by atoms with E-state index >= 15 is 0 Å². The first-order valence-electron chi connectivity index (χ1n) is 3.07. The van der Waals surface area contributed by atoms with Gasteiger partial charge in [0, 0.05) is 6.07 Å². The number of benzene rings is 1. The van der Waals surface area contributed by atoms with Crippen molar-refractivity contribution in [2.75, 3.05) is 0 Å². The van der Waals surface area contributed by atoms with Crippen LogP contribution in [-0.4, -0.2) is 10.9 Å².